The number of oxazole rings is 1. The summed E-state index contributed by atoms with van der Waals surface area (Å²) < 4.78 is 20.1. The quantitative estimate of drug-likeness (QED) is 0.902. The molecule has 1 aromatic carbocycles. The van der Waals surface area contributed by atoms with E-state index in [9.17, 15) is 4.39 Å². The lowest BCUT2D eigenvalue weighted by molar-refractivity contribution is 0.420. The van der Waals surface area contributed by atoms with Crippen LogP contribution in [0.3, 0.4) is 0 Å². The molecule has 2 rings (SSSR count). The Labute approximate surface area is 120 Å². The number of rotatable bonds is 5. The maximum absolute atomic E-state index is 13.7. The number of nitrogens with zero attached hydrogens (tertiary/aromatic N) is 1. The van der Waals surface area contributed by atoms with Gasteiger partial charge in [-0.2, -0.15) is 0 Å². The van der Waals surface area contributed by atoms with Crippen molar-refractivity contribution in [3.05, 3.63) is 51.9 Å². The minimum Gasteiger partial charge on any atom is -0.444 e. The van der Waals surface area contributed by atoms with Crippen LogP contribution in [0.4, 0.5) is 4.39 Å². The summed E-state index contributed by atoms with van der Waals surface area (Å²) in [6.07, 6.45) is 2.55. The number of benzene rings is 1. The molecule has 5 heteroatoms. The van der Waals surface area contributed by atoms with Crippen molar-refractivity contribution in [3.63, 3.8) is 0 Å². The first-order valence-corrected chi connectivity index (χ1v) is 7.01. The van der Waals surface area contributed by atoms with Gasteiger partial charge in [-0.05, 0) is 25.1 Å². The van der Waals surface area contributed by atoms with Crippen molar-refractivity contribution in [1.29, 1.82) is 0 Å². The molecule has 1 N–H and O–H groups in total. The zero-order valence-electron chi connectivity index (χ0n) is 10.9. The molecule has 1 unspecified atom stereocenters. The van der Waals surface area contributed by atoms with Gasteiger partial charge in [0.1, 0.15) is 11.6 Å². The maximum atomic E-state index is 13.7. The highest BCUT2D eigenvalue weighted by atomic mass is 79.9. The summed E-state index contributed by atoms with van der Waals surface area (Å²) in [5.74, 6) is 1.27. The average molecular weight is 327 g/mol. The van der Waals surface area contributed by atoms with E-state index < -0.39 is 0 Å². The van der Waals surface area contributed by atoms with Crippen LogP contribution in [0.1, 0.15) is 37.1 Å². The summed E-state index contributed by atoms with van der Waals surface area (Å²) in [5.41, 5.74) is 0.622. The van der Waals surface area contributed by atoms with Crippen LogP contribution in [0.15, 0.2) is 33.3 Å². The molecule has 1 heterocycles. The molecule has 2 aromatic rings. The Bertz CT molecular complexity index is 556. The second-order valence-corrected chi connectivity index (χ2v) is 5.26. The summed E-state index contributed by atoms with van der Waals surface area (Å²) in [6.45, 7) is 4.40. The Morgan fingerprint density at radius 3 is 2.95 bits per heavy atom. The fraction of sp³-hybridized carbons (Fsp3) is 0.357. The van der Waals surface area contributed by atoms with Crippen LogP contribution in [-0.4, -0.2) is 4.98 Å². The highest BCUT2D eigenvalue weighted by Gasteiger charge is 2.12. The third kappa shape index (κ3) is 3.64. The first-order chi connectivity index (χ1) is 9.10. The number of aromatic nitrogens is 1. The second kappa shape index (κ2) is 6.30. The Morgan fingerprint density at radius 1 is 1.47 bits per heavy atom. The first kappa shape index (κ1) is 14.2. The molecule has 0 bridgehead atoms. The summed E-state index contributed by atoms with van der Waals surface area (Å²) in [7, 11) is 0. The van der Waals surface area contributed by atoms with E-state index in [1.165, 1.54) is 6.07 Å². The van der Waals surface area contributed by atoms with Gasteiger partial charge < -0.3 is 9.73 Å². The van der Waals surface area contributed by atoms with E-state index in [2.05, 4.69) is 26.2 Å². The van der Waals surface area contributed by atoms with Crippen LogP contribution >= 0.6 is 15.9 Å². The molecular formula is C14H16BrFN2O. The second-order valence-electron chi connectivity index (χ2n) is 4.34. The Morgan fingerprint density at radius 2 is 2.26 bits per heavy atom. The van der Waals surface area contributed by atoms with E-state index in [1.54, 1.807) is 18.3 Å². The van der Waals surface area contributed by atoms with Crippen LogP contribution in [-0.2, 0) is 13.0 Å². The molecule has 0 radical (unpaired) electrons. The summed E-state index contributed by atoms with van der Waals surface area (Å²) in [4.78, 5) is 4.16. The SMILES string of the molecule is CCc1cnc(CNC(C)c2cc(Br)ccc2F)o1. The van der Waals surface area contributed by atoms with Crippen molar-refractivity contribution in [1.82, 2.24) is 10.3 Å². The van der Waals surface area contributed by atoms with Crippen molar-refractivity contribution in [2.75, 3.05) is 0 Å². The minimum atomic E-state index is -0.218. The summed E-state index contributed by atoms with van der Waals surface area (Å²) in [5, 5.41) is 3.20. The smallest absolute Gasteiger partial charge is 0.208 e. The predicted octanol–water partition coefficient (Wildman–Crippen LogP) is 3.99. The average Bonchev–Trinajstić information content (AvgIpc) is 2.87. The molecule has 1 atom stereocenters. The van der Waals surface area contributed by atoms with Gasteiger partial charge in [0.25, 0.3) is 0 Å². The van der Waals surface area contributed by atoms with Crippen LogP contribution in [0.5, 0.6) is 0 Å². The summed E-state index contributed by atoms with van der Waals surface area (Å²) >= 11 is 3.35. The molecule has 0 amide bonds. The van der Waals surface area contributed by atoms with E-state index in [-0.39, 0.29) is 11.9 Å². The Balaban J connectivity index is 2.00. The van der Waals surface area contributed by atoms with Gasteiger partial charge in [0.05, 0.1) is 12.7 Å². The fourth-order valence-electron chi connectivity index (χ4n) is 1.79. The van der Waals surface area contributed by atoms with Crippen molar-refractivity contribution in [2.45, 2.75) is 32.9 Å². The molecule has 0 saturated carbocycles. The van der Waals surface area contributed by atoms with E-state index in [0.29, 0.717) is 18.0 Å². The van der Waals surface area contributed by atoms with Gasteiger partial charge in [0, 0.05) is 22.5 Å². The first-order valence-electron chi connectivity index (χ1n) is 6.22. The molecule has 0 fully saturated rings. The van der Waals surface area contributed by atoms with E-state index in [1.807, 2.05) is 13.8 Å². The maximum Gasteiger partial charge on any atom is 0.208 e. The molecule has 3 nitrogen and oxygen atoms in total. The van der Waals surface area contributed by atoms with E-state index >= 15 is 0 Å². The van der Waals surface area contributed by atoms with Gasteiger partial charge in [-0.1, -0.05) is 22.9 Å². The van der Waals surface area contributed by atoms with Crippen LogP contribution < -0.4 is 5.32 Å². The summed E-state index contributed by atoms with van der Waals surface area (Å²) in [6, 6.07) is 4.81. The third-order valence-electron chi connectivity index (χ3n) is 2.93. The van der Waals surface area contributed by atoms with Crippen molar-refractivity contribution >= 4 is 15.9 Å². The van der Waals surface area contributed by atoms with Crippen molar-refractivity contribution in [2.24, 2.45) is 0 Å². The normalized spacial score (nSPS) is 12.6. The Kier molecular flexibility index (Phi) is 4.71. The van der Waals surface area contributed by atoms with Crippen LogP contribution in [0.25, 0.3) is 0 Å². The largest absolute Gasteiger partial charge is 0.444 e. The zero-order valence-corrected chi connectivity index (χ0v) is 12.5. The molecule has 0 spiro atoms. The highest BCUT2D eigenvalue weighted by Crippen LogP contribution is 2.21. The van der Waals surface area contributed by atoms with Crippen LogP contribution in [0.2, 0.25) is 0 Å². The number of hydrogen-bond acceptors (Lipinski definition) is 3. The standard InChI is InChI=1S/C14H16BrFN2O/c1-3-11-7-18-14(19-11)8-17-9(2)12-6-10(15)4-5-13(12)16/h4-7,9,17H,3,8H2,1-2H3. The molecule has 102 valence electrons. The molecule has 0 aliphatic rings. The number of aryl methyl sites for hydroxylation is 1. The number of hydrogen-bond donors (Lipinski definition) is 1. The molecule has 0 saturated heterocycles. The molecule has 0 aliphatic heterocycles. The number of halogens is 2. The lowest BCUT2D eigenvalue weighted by Crippen LogP contribution is -2.19. The van der Waals surface area contributed by atoms with Crippen LogP contribution in [0, 0.1) is 5.82 Å². The lowest BCUT2D eigenvalue weighted by Gasteiger charge is -2.14. The zero-order chi connectivity index (χ0) is 13.8. The fourth-order valence-corrected chi connectivity index (χ4v) is 2.17. The molecule has 1 aromatic heterocycles. The molecular weight excluding hydrogens is 311 g/mol. The van der Waals surface area contributed by atoms with E-state index in [4.69, 9.17) is 4.42 Å². The predicted molar refractivity (Wildman–Crippen MR) is 75.2 cm³/mol. The van der Waals surface area contributed by atoms with Gasteiger partial charge in [0.15, 0.2) is 0 Å². The van der Waals surface area contributed by atoms with Gasteiger partial charge in [0.2, 0.25) is 5.89 Å². The monoisotopic (exact) mass is 326 g/mol. The molecule has 19 heavy (non-hydrogen) atoms. The van der Waals surface area contributed by atoms with E-state index in [0.717, 1.165) is 16.7 Å². The molecule has 0 aliphatic carbocycles. The third-order valence-corrected chi connectivity index (χ3v) is 3.43. The lowest BCUT2D eigenvalue weighted by atomic mass is 10.1. The minimum absolute atomic E-state index is 0.116. The highest BCUT2D eigenvalue weighted by molar-refractivity contribution is 9.10. The van der Waals surface area contributed by atoms with Crippen molar-refractivity contribution in [3.8, 4) is 0 Å². The van der Waals surface area contributed by atoms with Gasteiger partial charge in [-0.15, -0.1) is 0 Å². The topological polar surface area (TPSA) is 38.1 Å². The van der Waals surface area contributed by atoms with Crippen molar-refractivity contribution < 1.29 is 8.81 Å². The van der Waals surface area contributed by atoms with Gasteiger partial charge in [-0.3, -0.25) is 0 Å². The number of nitrogens with one attached hydrogen (secondary N) is 1. The Hall–Kier alpha value is -1.20. The van der Waals surface area contributed by atoms with Gasteiger partial charge >= 0.3 is 0 Å². The van der Waals surface area contributed by atoms with Gasteiger partial charge in [-0.25, -0.2) is 9.37 Å².